The highest BCUT2D eigenvalue weighted by Crippen LogP contribution is 2.18. The fourth-order valence-corrected chi connectivity index (χ4v) is 1.64. The molecule has 0 fully saturated rings. The molecule has 0 bridgehead atoms. The van der Waals surface area contributed by atoms with Crippen LogP contribution in [-0.4, -0.2) is 32.3 Å². The molecule has 0 heterocycles. The van der Waals surface area contributed by atoms with Crippen LogP contribution in [0, 0.1) is 34.0 Å². The van der Waals surface area contributed by atoms with Gasteiger partial charge in [-0.05, 0) is 12.1 Å². The number of ether oxygens (including phenoxy) is 2. The van der Waals surface area contributed by atoms with E-state index in [1.54, 1.807) is 30.3 Å². The normalized spacial score (nSPS) is 8.85. The number of para-hydroxylation sites is 1. The molecule has 0 aliphatic carbocycles. The maximum atomic E-state index is 12.2. The zero-order valence-electron chi connectivity index (χ0n) is 13.7. The molecule has 2 amide bonds. The summed E-state index contributed by atoms with van der Waals surface area (Å²) in [6.45, 7) is 0.218. The minimum absolute atomic E-state index is 0.0117. The predicted molar refractivity (Wildman–Crippen MR) is 87.8 cm³/mol. The third-order valence-electron chi connectivity index (χ3n) is 2.82. The third-order valence-corrected chi connectivity index (χ3v) is 2.82. The second-order valence-corrected chi connectivity index (χ2v) is 4.46. The molecule has 1 aromatic rings. The molecule has 1 rings (SSSR count). The number of hydrogen-bond acceptors (Lipinski definition) is 8. The number of nitrogens with one attached hydrogen (secondary N) is 3. The Morgan fingerprint density at radius 1 is 1.04 bits per heavy atom. The molecule has 10 nitrogen and oxygen atoms in total. The highest BCUT2D eigenvalue weighted by molar-refractivity contribution is 6.00. The zero-order chi connectivity index (χ0) is 19.4. The van der Waals surface area contributed by atoms with Crippen molar-refractivity contribution in [1.82, 2.24) is 10.9 Å². The number of allylic oxidation sites excluding steroid dienone is 2. The van der Waals surface area contributed by atoms with Crippen LogP contribution in [0.15, 0.2) is 35.5 Å². The smallest absolute Gasteiger partial charge is 0.426 e. The van der Waals surface area contributed by atoms with Crippen LogP contribution >= 0.6 is 0 Å². The lowest BCUT2D eigenvalue weighted by atomic mass is 10.1. The topological polar surface area (TPSA) is 160 Å². The van der Waals surface area contributed by atoms with Crippen LogP contribution in [-0.2, 0) is 9.47 Å². The van der Waals surface area contributed by atoms with Gasteiger partial charge in [-0.1, -0.05) is 12.1 Å². The van der Waals surface area contributed by atoms with Crippen molar-refractivity contribution in [3.63, 3.8) is 0 Å². The third kappa shape index (κ3) is 5.85. The lowest BCUT2D eigenvalue weighted by molar-refractivity contribution is 0.0850. The van der Waals surface area contributed by atoms with E-state index in [-0.39, 0.29) is 30.2 Å². The molecule has 0 unspecified atom stereocenters. The summed E-state index contributed by atoms with van der Waals surface area (Å²) in [6.07, 6.45) is -0.880. The molecule has 10 heteroatoms. The monoisotopic (exact) mass is 354 g/mol. The Bertz CT molecular complexity index is 812. The summed E-state index contributed by atoms with van der Waals surface area (Å²) in [7, 11) is 1.45. The van der Waals surface area contributed by atoms with Gasteiger partial charge in [0.25, 0.3) is 5.91 Å². The SMILES string of the molecule is COCCOC(=O)NNC(=O)c1ccccc1NC(C#N)=C(C#N)C#N. The van der Waals surface area contributed by atoms with E-state index in [4.69, 9.17) is 25.3 Å². The van der Waals surface area contributed by atoms with Crippen molar-refractivity contribution >= 4 is 17.7 Å². The van der Waals surface area contributed by atoms with E-state index in [1.807, 2.05) is 0 Å². The van der Waals surface area contributed by atoms with Crippen molar-refractivity contribution in [3.8, 4) is 18.2 Å². The first-order valence-electron chi connectivity index (χ1n) is 7.10. The van der Waals surface area contributed by atoms with Crippen LogP contribution in [0.3, 0.4) is 0 Å². The summed E-state index contributed by atoms with van der Waals surface area (Å²) in [5, 5.41) is 29.3. The van der Waals surface area contributed by atoms with Crippen molar-refractivity contribution < 1.29 is 19.1 Å². The molecule has 0 radical (unpaired) electrons. The number of carbonyl (C=O) groups is 2. The van der Waals surface area contributed by atoms with Crippen molar-refractivity contribution in [2.24, 2.45) is 0 Å². The molecule has 0 aliphatic rings. The Balaban J connectivity index is 2.87. The Labute approximate surface area is 149 Å². The second kappa shape index (κ2) is 10.7. The Morgan fingerprint density at radius 2 is 1.73 bits per heavy atom. The van der Waals surface area contributed by atoms with Gasteiger partial charge < -0.3 is 14.8 Å². The van der Waals surface area contributed by atoms with E-state index < -0.39 is 17.6 Å². The van der Waals surface area contributed by atoms with Crippen LogP contribution in [0.5, 0.6) is 0 Å². The summed E-state index contributed by atoms with van der Waals surface area (Å²) in [5.74, 6) is -0.704. The summed E-state index contributed by atoms with van der Waals surface area (Å²) >= 11 is 0. The molecular weight excluding hydrogens is 340 g/mol. The number of nitriles is 3. The van der Waals surface area contributed by atoms with E-state index in [2.05, 4.69) is 16.2 Å². The Kier molecular flexibility index (Phi) is 8.19. The minimum atomic E-state index is -0.880. The fraction of sp³-hybridized carbons (Fsp3) is 0.188. The number of carbonyl (C=O) groups excluding carboxylic acids is 2. The molecule has 132 valence electrons. The fourth-order valence-electron chi connectivity index (χ4n) is 1.64. The van der Waals surface area contributed by atoms with Crippen LogP contribution in [0.1, 0.15) is 10.4 Å². The average molecular weight is 354 g/mol. The standard InChI is InChI=1S/C16H14N6O4/c1-25-6-7-26-16(24)22-21-15(23)12-4-2-3-5-13(12)20-14(10-19)11(8-17)9-18/h2-5,20H,6-7H2,1H3,(H,21,23)(H,22,24). The van der Waals surface area contributed by atoms with E-state index in [1.165, 1.54) is 19.2 Å². The Hall–Kier alpha value is -4.07. The van der Waals surface area contributed by atoms with Gasteiger partial charge in [0.1, 0.15) is 30.5 Å². The van der Waals surface area contributed by atoms with Crippen LogP contribution < -0.4 is 16.2 Å². The zero-order valence-corrected chi connectivity index (χ0v) is 13.7. The van der Waals surface area contributed by atoms with Gasteiger partial charge in [0.2, 0.25) is 0 Å². The maximum Gasteiger partial charge on any atom is 0.426 e. The number of hydrogen-bond donors (Lipinski definition) is 3. The van der Waals surface area contributed by atoms with Crippen molar-refractivity contribution in [3.05, 3.63) is 41.1 Å². The summed E-state index contributed by atoms with van der Waals surface area (Å²) < 4.78 is 9.42. The Morgan fingerprint density at radius 3 is 2.35 bits per heavy atom. The first-order chi connectivity index (χ1) is 12.6. The first kappa shape index (κ1) is 20.0. The summed E-state index contributed by atoms with van der Waals surface area (Å²) in [6, 6.07) is 10.9. The molecule has 0 atom stereocenters. The molecule has 1 aromatic carbocycles. The van der Waals surface area contributed by atoms with Gasteiger partial charge in [-0.15, -0.1) is 0 Å². The van der Waals surface area contributed by atoms with E-state index in [9.17, 15) is 9.59 Å². The number of hydrazine groups is 1. The van der Waals surface area contributed by atoms with Crippen molar-refractivity contribution in [2.75, 3.05) is 25.6 Å². The van der Waals surface area contributed by atoms with Crippen molar-refractivity contribution in [2.45, 2.75) is 0 Å². The quantitative estimate of drug-likeness (QED) is 0.386. The molecule has 0 saturated heterocycles. The second-order valence-electron chi connectivity index (χ2n) is 4.46. The molecule has 0 aromatic heterocycles. The lowest BCUT2D eigenvalue weighted by Crippen LogP contribution is -2.42. The summed E-state index contributed by atoms with van der Waals surface area (Å²) in [5.41, 5.74) is 3.69. The number of methoxy groups -OCH3 is 1. The largest absolute Gasteiger partial charge is 0.446 e. The molecule has 3 N–H and O–H groups in total. The van der Waals surface area contributed by atoms with Crippen LogP contribution in [0.4, 0.5) is 10.5 Å². The number of benzene rings is 1. The van der Waals surface area contributed by atoms with Gasteiger partial charge in [0.15, 0.2) is 5.57 Å². The molecule has 0 saturated carbocycles. The van der Waals surface area contributed by atoms with Gasteiger partial charge in [0.05, 0.1) is 17.9 Å². The molecule has 26 heavy (non-hydrogen) atoms. The van der Waals surface area contributed by atoms with Gasteiger partial charge in [-0.3, -0.25) is 10.2 Å². The molecule has 0 aliphatic heterocycles. The molecular formula is C16H14N6O4. The number of nitrogens with zero attached hydrogens (tertiary/aromatic N) is 3. The van der Waals surface area contributed by atoms with E-state index >= 15 is 0 Å². The number of amides is 2. The van der Waals surface area contributed by atoms with E-state index in [0.717, 1.165) is 0 Å². The highest BCUT2D eigenvalue weighted by Gasteiger charge is 2.14. The first-order valence-corrected chi connectivity index (χ1v) is 7.10. The highest BCUT2D eigenvalue weighted by atomic mass is 16.6. The van der Waals surface area contributed by atoms with Crippen LogP contribution in [0.2, 0.25) is 0 Å². The van der Waals surface area contributed by atoms with E-state index in [0.29, 0.717) is 0 Å². The van der Waals surface area contributed by atoms with Crippen LogP contribution in [0.25, 0.3) is 0 Å². The van der Waals surface area contributed by atoms with Gasteiger partial charge in [-0.25, -0.2) is 10.2 Å². The van der Waals surface area contributed by atoms with Crippen molar-refractivity contribution in [1.29, 1.82) is 15.8 Å². The average Bonchev–Trinajstić information content (AvgIpc) is 2.66. The number of anilines is 1. The molecule has 0 spiro atoms. The lowest BCUT2D eigenvalue weighted by Gasteiger charge is -2.12. The predicted octanol–water partition coefficient (Wildman–Crippen LogP) is 0.941. The van der Waals surface area contributed by atoms with Gasteiger partial charge >= 0.3 is 6.09 Å². The number of rotatable bonds is 6. The van der Waals surface area contributed by atoms with Gasteiger partial charge in [-0.2, -0.15) is 15.8 Å². The summed E-state index contributed by atoms with van der Waals surface area (Å²) in [4.78, 5) is 23.6. The minimum Gasteiger partial charge on any atom is -0.446 e. The van der Waals surface area contributed by atoms with Gasteiger partial charge in [0, 0.05) is 7.11 Å². The maximum absolute atomic E-state index is 12.2.